The first kappa shape index (κ1) is 30.1. The van der Waals surface area contributed by atoms with Gasteiger partial charge in [0.1, 0.15) is 5.75 Å². The molecule has 2 heterocycles. The summed E-state index contributed by atoms with van der Waals surface area (Å²) >= 11 is 0. The Bertz CT molecular complexity index is 1490. The number of aromatic hydroxyl groups is 1. The molecule has 0 unspecified atom stereocenters. The van der Waals surface area contributed by atoms with E-state index >= 15 is 0 Å². The number of ether oxygens (including phenoxy) is 1. The number of aryl methyl sites for hydroxylation is 1. The summed E-state index contributed by atoms with van der Waals surface area (Å²) in [6.45, 7) is 2.06. The lowest BCUT2D eigenvalue weighted by atomic mass is 9.97. The molecule has 8 nitrogen and oxygen atoms in total. The molecule has 0 amide bonds. The number of rotatable bonds is 8. The standard InChI is InChI=1S/C26H27N3O5S.2ClH/c1-4-34-26(31)24-22(16-35(32,33)18-10-6-5-7-11-18)29(3)21-13-19(17-9-8-12-28-14-17)25(30)20(15-27-2)23(21)24;;/h5-14,27,30H,4,15-16H2,1-3H3;2*1H. The van der Waals surface area contributed by atoms with Crippen LogP contribution in [0.15, 0.2) is 65.8 Å². The number of phenolic OH excluding ortho intramolecular Hbond substituents is 1. The first-order valence-corrected chi connectivity index (χ1v) is 12.8. The van der Waals surface area contributed by atoms with Gasteiger partial charge < -0.3 is 19.7 Å². The fourth-order valence-corrected chi connectivity index (χ4v) is 5.72. The predicted octanol–water partition coefficient (Wildman–Crippen LogP) is 4.66. The predicted molar refractivity (Wildman–Crippen MR) is 148 cm³/mol. The van der Waals surface area contributed by atoms with Crippen LogP contribution in [0.2, 0.25) is 0 Å². The second kappa shape index (κ2) is 12.4. The number of benzene rings is 2. The van der Waals surface area contributed by atoms with E-state index in [9.17, 15) is 18.3 Å². The van der Waals surface area contributed by atoms with E-state index in [0.29, 0.717) is 33.3 Å². The molecule has 0 saturated heterocycles. The molecule has 0 atom stereocenters. The lowest BCUT2D eigenvalue weighted by molar-refractivity contribution is 0.0527. The van der Waals surface area contributed by atoms with Gasteiger partial charge in [-0.2, -0.15) is 0 Å². The smallest absolute Gasteiger partial charge is 0.340 e. The minimum Gasteiger partial charge on any atom is -0.507 e. The van der Waals surface area contributed by atoms with Crippen LogP contribution in [0, 0.1) is 0 Å². The zero-order valence-electron chi connectivity index (χ0n) is 20.6. The van der Waals surface area contributed by atoms with Crippen LogP contribution in [0.1, 0.15) is 28.5 Å². The fraction of sp³-hybridized carbons (Fsp3) is 0.231. The van der Waals surface area contributed by atoms with E-state index < -0.39 is 21.6 Å². The number of halogens is 2. The van der Waals surface area contributed by atoms with Crippen molar-refractivity contribution in [3.05, 3.63) is 77.7 Å². The van der Waals surface area contributed by atoms with E-state index in [1.165, 1.54) is 12.1 Å². The van der Waals surface area contributed by atoms with E-state index in [1.807, 2.05) is 6.07 Å². The molecule has 0 fully saturated rings. The summed E-state index contributed by atoms with van der Waals surface area (Å²) in [5.41, 5.74) is 2.74. The molecule has 0 aliphatic heterocycles. The van der Waals surface area contributed by atoms with Crippen LogP contribution in [0.5, 0.6) is 5.75 Å². The van der Waals surface area contributed by atoms with Crippen molar-refractivity contribution >= 4 is 51.5 Å². The van der Waals surface area contributed by atoms with Gasteiger partial charge in [-0.05, 0) is 38.2 Å². The van der Waals surface area contributed by atoms with Gasteiger partial charge in [0.2, 0.25) is 0 Å². The van der Waals surface area contributed by atoms with E-state index in [4.69, 9.17) is 4.74 Å². The zero-order chi connectivity index (χ0) is 25.2. The maximum Gasteiger partial charge on any atom is 0.340 e. The van der Waals surface area contributed by atoms with Gasteiger partial charge in [-0.1, -0.05) is 24.3 Å². The molecule has 11 heteroatoms. The second-order valence-electron chi connectivity index (χ2n) is 8.09. The number of nitrogens with one attached hydrogen (secondary N) is 1. The van der Waals surface area contributed by atoms with Crippen LogP contribution in [0.4, 0.5) is 0 Å². The molecule has 0 radical (unpaired) electrons. The van der Waals surface area contributed by atoms with Crippen LogP contribution in [-0.2, 0) is 33.9 Å². The minimum absolute atomic E-state index is 0. The number of hydrogen-bond donors (Lipinski definition) is 2. The number of phenols is 1. The summed E-state index contributed by atoms with van der Waals surface area (Å²) in [5, 5.41) is 14.8. The summed E-state index contributed by atoms with van der Waals surface area (Å²) in [6, 6.07) is 13.5. The number of nitrogens with zero attached hydrogens (tertiary/aromatic N) is 2. The van der Waals surface area contributed by atoms with Crippen molar-refractivity contribution in [2.24, 2.45) is 7.05 Å². The molecule has 198 valence electrons. The van der Waals surface area contributed by atoms with Gasteiger partial charge in [0.05, 0.1) is 28.3 Å². The van der Waals surface area contributed by atoms with E-state index in [-0.39, 0.29) is 54.2 Å². The molecule has 0 aliphatic carbocycles. The lowest BCUT2D eigenvalue weighted by Gasteiger charge is -2.13. The first-order valence-electron chi connectivity index (χ1n) is 11.2. The van der Waals surface area contributed by atoms with Crippen molar-refractivity contribution in [2.75, 3.05) is 13.7 Å². The largest absolute Gasteiger partial charge is 0.507 e. The summed E-state index contributed by atoms with van der Waals surface area (Å²) in [6.07, 6.45) is 3.28. The number of carbonyl (C=O) groups is 1. The molecule has 0 aliphatic rings. The lowest BCUT2D eigenvalue weighted by Crippen LogP contribution is -2.14. The van der Waals surface area contributed by atoms with Crippen LogP contribution in [0.3, 0.4) is 0 Å². The normalized spacial score (nSPS) is 11.0. The highest BCUT2D eigenvalue weighted by molar-refractivity contribution is 7.90. The summed E-state index contributed by atoms with van der Waals surface area (Å²) in [5.74, 6) is -1.05. The summed E-state index contributed by atoms with van der Waals surface area (Å²) in [4.78, 5) is 17.5. The molecular formula is C26H29Cl2N3O5S. The molecule has 2 aromatic heterocycles. The Labute approximate surface area is 228 Å². The van der Waals surface area contributed by atoms with Gasteiger partial charge in [0.25, 0.3) is 0 Å². The number of fused-ring (bicyclic) bond motifs is 1. The second-order valence-corrected chi connectivity index (χ2v) is 10.1. The molecule has 4 rings (SSSR count). The molecule has 0 spiro atoms. The average Bonchev–Trinajstić information content (AvgIpc) is 3.12. The molecule has 2 aromatic carbocycles. The van der Waals surface area contributed by atoms with Gasteiger partial charge in [0, 0.05) is 53.8 Å². The van der Waals surface area contributed by atoms with E-state index in [1.54, 1.807) is 68.3 Å². The number of hydrogen-bond acceptors (Lipinski definition) is 7. The number of esters is 1. The third-order valence-corrected chi connectivity index (χ3v) is 7.56. The van der Waals surface area contributed by atoms with Crippen LogP contribution >= 0.6 is 24.8 Å². The van der Waals surface area contributed by atoms with Gasteiger partial charge in [-0.3, -0.25) is 4.98 Å². The Morgan fingerprint density at radius 2 is 1.84 bits per heavy atom. The van der Waals surface area contributed by atoms with Gasteiger partial charge >= 0.3 is 5.97 Å². The highest BCUT2D eigenvalue weighted by Gasteiger charge is 2.30. The summed E-state index contributed by atoms with van der Waals surface area (Å²) < 4.78 is 33.6. The van der Waals surface area contributed by atoms with Crippen molar-refractivity contribution in [3.63, 3.8) is 0 Å². The minimum atomic E-state index is -3.77. The van der Waals surface area contributed by atoms with E-state index in [0.717, 1.165) is 0 Å². The quantitative estimate of drug-likeness (QED) is 0.299. The fourth-order valence-electron chi connectivity index (χ4n) is 4.29. The SMILES string of the molecule is CCOC(=O)c1c(CS(=O)(=O)c2ccccc2)n(C)c2cc(-c3cccnc3)c(O)c(CNC)c12.Cl.Cl. The Kier molecular flexibility index (Phi) is 10.1. The monoisotopic (exact) mass is 565 g/mol. The van der Waals surface area contributed by atoms with Crippen molar-refractivity contribution < 1.29 is 23.1 Å². The third-order valence-electron chi connectivity index (χ3n) is 5.92. The molecular weight excluding hydrogens is 537 g/mol. The Balaban J connectivity index is 0.00000241. The number of pyridine rings is 1. The average molecular weight is 567 g/mol. The Hall–Kier alpha value is -3.11. The van der Waals surface area contributed by atoms with Gasteiger partial charge in [-0.15, -0.1) is 24.8 Å². The molecule has 0 saturated carbocycles. The van der Waals surface area contributed by atoms with Crippen LogP contribution in [0.25, 0.3) is 22.0 Å². The van der Waals surface area contributed by atoms with Gasteiger partial charge in [-0.25, -0.2) is 13.2 Å². The van der Waals surface area contributed by atoms with Crippen molar-refractivity contribution in [1.29, 1.82) is 0 Å². The first-order chi connectivity index (χ1) is 16.8. The zero-order valence-corrected chi connectivity index (χ0v) is 23.0. The summed E-state index contributed by atoms with van der Waals surface area (Å²) in [7, 11) is -0.320. The van der Waals surface area contributed by atoms with Crippen molar-refractivity contribution in [3.8, 4) is 16.9 Å². The third kappa shape index (κ3) is 5.75. The van der Waals surface area contributed by atoms with E-state index in [2.05, 4.69) is 10.3 Å². The Morgan fingerprint density at radius 3 is 2.43 bits per heavy atom. The highest BCUT2D eigenvalue weighted by Crippen LogP contribution is 2.41. The highest BCUT2D eigenvalue weighted by atomic mass is 35.5. The number of sulfone groups is 1. The maximum atomic E-state index is 13.3. The van der Waals surface area contributed by atoms with Crippen LogP contribution in [-0.4, -0.2) is 42.7 Å². The van der Waals surface area contributed by atoms with Gasteiger partial charge in [0.15, 0.2) is 9.84 Å². The Morgan fingerprint density at radius 1 is 1.14 bits per heavy atom. The molecule has 37 heavy (non-hydrogen) atoms. The molecule has 2 N–H and O–H groups in total. The molecule has 4 aromatic rings. The topological polar surface area (TPSA) is 111 Å². The van der Waals surface area contributed by atoms with Crippen LogP contribution < -0.4 is 5.32 Å². The van der Waals surface area contributed by atoms with Crippen molar-refractivity contribution in [2.45, 2.75) is 24.1 Å². The number of aromatic nitrogens is 2. The van der Waals surface area contributed by atoms with Crippen molar-refractivity contribution in [1.82, 2.24) is 14.9 Å². The maximum absolute atomic E-state index is 13.3. The molecule has 0 bridgehead atoms. The number of carbonyl (C=O) groups excluding carboxylic acids is 1.